The minimum absolute atomic E-state index is 0.0480. The van der Waals surface area contributed by atoms with Crippen LogP contribution in [-0.2, 0) is 16.0 Å². The molecule has 0 spiro atoms. The van der Waals surface area contributed by atoms with Gasteiger partial charge in [-0.1, -0.05) is 31.2 Å². The number of likely N-dealkylation sites (tertiary alicyclic amines) is 1. The average Bonchev–Trinajstić information content (AvgIpc) is 2.61. The maximum atomic E-state index is 12.5. The fourth-order valence-corrected chi connectivity index (χ4v) is 3.18. The molecule has 0 aromatic heterocycles. The molecule has 3 unspecified atom stereocenters. The summed E-state index contributed by atoms with van der Waals surface area (Å²) in [4.78, 5) is 25.7. The highest BCUT2D eigenvalue weighted by Crippen LogP contribution is 2.20. The van der Waals surface area contributed by atoms with Gasteiger partial charge in [-0.05, 0) is 50.8 Å². The molecule has 0 radical (unpaired) electrons. The fourth-order valence-electron chi connectivity index (χ4n) is 3.18. The van der Waals surface area contributed by atoms with Crippen molar-refractivity contribution >= 4 is 11.9 Å². The van der Waals surface area contributed by atoms with Gasteiger partial charge in [-0.3, -0.25) is 14.5 Å². The number of nitrogens with one attached hydrogen (secondary N) is 1. The van der Waals surface area contributed by atoms with Crippen LogP contribution < -0.4 is 5.32 Å². The highest BCUT2D eigenvalue weighted by Gasteiger charge is 2.31. The second-order valence-electron chi connectivity index (χ2n) is 6.67. The van der Waals surface area contributed by atoms with Crippen LogP contribution in [0.1, 0.15) is 50.8 Å². The van der Waals surface area contributed by atoms with Crippen molar-refractivity contribution in [1.82, 2.24) is 10.2 Å². The fraction of sp³-hybridized carbons (Fsp3) is 0.579. The van der Waals surface area contributed by atoms with Crippen LogP contribution in [0.5, 0.6) is 0 Å². The first-order valence-electron chi connectivity index (χ1n) is 8.78. The molecule has 1 aliphatic rings. The van der Waals surface area contributed by atoms with Gasteiger partial charge >= 0.3 is 5.97 Å². The van der Waals surface area contributed by atoms with Crippen LogP contribution in [0, 0.1) is 5.92 Å². The smallest absolute Gasteiger partial charge is 0.307 e. The standard InChI is InChI=1S/C19H28N2O3/c1-4-15-7-9-16(10-8-15)13(2)20-18(22)14(3)21-11-5-6-17(12-21)19(23)24/h7-10,13-14,17H,4-6,11-12H2,1-3H3,(H,20,22)(H,23,24). The van der Waals surface area contributed by atoms with E-state index in [-0.39, 0.29) is 23.9 Å². The summed E-state index contributed by atoms with van der Waals surface area (Å²) in [7, 11) is 0. The van der Waals surface area contributed by atoms with Crippen molar-refractivity contribution in [3.63, 3.8) is 0 Å². The predicted octanol–water partition coefficient (Wildman–Crippen LogP) is 2.61. The molecule has 0 bridgehead atoms. The van der Waals surface area contributed by atoms with Crippen LogP contribution in [0.4, 0.5) is 0 Å². The number of piperidine rings is 1. The number of nitrogens with zero attached hydrogens (tertiary/aromatic N) is 1. The summed E-state index contributed by atoms with van der Waals surface area (Å²) >= 11 is 0. The zero-order chi connectivity index (χ0) is 17.7. The Kier molecular flexibility index (Phi) is 6.37. The van der Waals surface area contributed by atoms with Crippen LogP contribution in [0.15, 0.2) is 24.3 Å². The number of carboxylic acids is 1. The van der Waals surface area contributed by atoms with E-state index in [0.717, 1.165) is 24.9 Å². The first-order valence-corrected chi connectivity index (χ1v) is 8.78. The third-order valence-electron chi connectivity index (χ3n) is 4.98. The number of aliphatic carboxylic acids is 1. The summed E-state index contributed by atoms with van der Waals surface area (Å²) in [5, 5.41) is 12.2. The maximum absolute atomic E-state index is 12.5. The summed E-state index contributed by atoms with van der Waals surface area (Å²) in [6, 6.07) is 7.90. The van der Waals surface area contributed by atoms with Crippen LogP contribution in [0.2, 0.25) is 0 Å². The summed E-state index contributed by atoms with van der Waals surface area (Å²) in [5.41, 5.74) is 2.36. The lowest BCUT2D eigenvalue weighted by atomic mass is 9.97. The van der Waals surface area contributed by atoms with Crippen molar-refractivity contribution in [2.24, 2.45) is 5.92 Å². The Balaban J connectivity index is 1.93. The van der Waals surface area contributed by atoms with Gasteiger partial charge in [0, 0.05) is 6.54 Å². The van der Waals surface area contributed by atoms with Crippen LogP contribution in [0.25, 0.3) is 0 Å². The largest absolute Gasteiger partial charge is 0.481 e. The lowest BCUT2D eigenvalue weighted by molar-refractivity contribution is -0.145. The van der Waals surface area contributed by atoms with Gasteiger partial charge in [0.1, 0.15) is 0 Å². The number of carboxylic acid groups (broad SMARTS) is 1. The first kappa shape index (κ1) is 18.5. The second-order valence-corrected chi connectivity index (χ2v) is 6.67. The number of aryl methyl sites for hydroxylation is 1. The molecule has 1 saturated heterocycles. The number of hydrogen-bond acceptors (Lipinski definition) is 3. The number of carbonyl (C=O) groups excluding carboxylic acids is 1. The molecule has 132 valence electrons. The number of amides is 1. The van der Waals surface area contributed by atoms with Gasteiger partial charge in [-0.15, -0.1) is 0 Å². The van der Waals surface area contributed by atoms with Crippen LogP contribution in [-0.4, -0.2) is 41.0 Å². The molecule has 24 heavy (non-hydrogen) atoms. The van der Waals surface area contributed by atoms with Gasteiger partial charge in [0.2, 0.25) is 5.91 Å². The van der Waals surface area contributed by atoms with Crippen LogP contribution in [0.3, 0.4) is 0 Å². The minimum Gasteiger partial charge on any atom is -0.481 e. The summed E-state index contributed by atoms with van der Waals surface area (Å²) in [6.45, 7) is 7.17. The van der Waals surface area contributed by atoms with E-state index < -0.39 is 5.97 Å². The molecular weight excluding hydrogens is 304 g/mol. The summed E-state index contributed by atoms with van der Waals surface area (Å²) in [6.07, 6.45) is 2.51. The average molecular weight is 332 g/mol. The first-order chi connectivity index (χ1) is 11.4. The molecule has 2 rings (SSSR count). The zero-order valence-corrected chi connectivity index (χ0v) is 14.8. The molecule has 0 saturated carbocycles. The molecule has 3 atom stereocenters. The molecule has 1 aromatic rings. The van der Waals surface area contributed by atoms with E-state index in [1.54, 1.807) is 0 Å². The molecule has 1 heterocycles. The van der Waals surface area contributed by atoms with Crippen molar-refractivity contribution in [2.75, 3.05) is 13.1 Å². The molecule has 0 aliphatic carbocycles. The van der Waals surface area contributed by atoms with Gasteiger partial charge in [-0.25, -0.2) is 0 Å². The van der Waals surface area contributed by atoms with Crippen molar-refractivity contribution in [1.29, 1.82) is 0 Å². The highest BCUT2D eigenvalue weighted by molar-refractivity contribution is 5.82. The van der Waals surface area contributed by atoms with Crippen molar-refractivity contribution in [3.8, 4) is 0 Å². The topological polar surface area (TPSA) is 69.6 Å². The monoisotopic (exact) mass is 332 g/mol. The predicted molar refractivity (Wildman–Crippen MR) is 93.8 cm³/mol. The quantitative estimate of drug-likeness (QED) is 0.840. The number of carbonyl (C=O) groups is 2. The second kappa shape index (κ2) is 8.29. The molecule has 1 aromatic carbocycles. The lowest BCUT2D eigenvalue weighted by Crippen LogP contribution is -2.50. The lowest BCUT2D eigenvalue weighted by Gasteiger charge is -2.35. The molecule has 5 nitrogen and oxygen atoms in total. The summed E-state index contributed by atoms with van der Waals surface area (Å²) < 4.78 is 0. The van der Waals surface area contributed by atoms with Gasteiger partial charge in [0.25, 0.3) is 0 Å². The Morgan fingerprint density at radius 2 is 1.96 bits per heavy atom. The van der Waals surface area contributed by atoms with Crippen molar-refractivity contribution in [3.05, 3.63) is 35.4 Å². The van der Waals surface area contributed by atoms with E-state index in [1.165, 1.54) is 5.56 Å². The minimum atomic E-state index is -0.767. The summed E-state index contributed by atoms with van der Waals surface area (Å²) in [5.74, 6) is -1.18. The van der Waals surface area contributed by atoms with Crippen molar-refractivity contribution < 1.29 is 14.7 Å². The van der Waals surface area contributed by atoms with E-state index in [1.807, 2.05) is 18.7 Å². The van der Waals surface area contributed by atoms with Crippen LogP contribution >= 0.6 is 0 Å². The Bertz CT molecular complexity index is 570. The van der Waals surface area contributed by atoms with Gasteiger partial charge in [0.05, 0.1) is 18.0 Å². The third kappa shape index (κ3) is 4.57. The number of benzene rings is 1. The third-order valence-corrected chi connectivity index (χ3v) is 4.98. The van der Waals surface area contributed by atoms with Gasteiger partial charge < -0.3 is 10.4 Å². The van der Waals surface area contributed by atoms with E-state index >= 15 is 0 Å². The zero-order valence-electron chi connectivity index (χ0n) is 14.8. The number of rotatable bonds is 6. The van der Waals surface area contributed by atoms with E-state index in [2.05, 4.69) is 36.5 Å². The molecular formula is C19H28N2O3. The van der Waals surface area contributed by atoms with Gasteiger partial charge in [0.15, 0.2) is 0 Å². The Morgan fingerprint density at radius 1 is 1.29 bits per heavy atom. The highest BCUT2D eigenvalue weighted by atomic mass is 16.4. The molecule has 1 amide bonds. The van der Waals surface area contributed by atoms with Crippen molar-refractivity contribution in [2.45, 2.75) is 52.1 Å². The Hall–Kier alpha value is -1.88. The van der Waals surface area contributed by atoms with Gasteiger partial charge in [-0.2, -0.15) is 0 Å². The molecule has 2 N–H and O–H groups in total. The normalized spacial score (nSPS) is 21.0. The Morgan fingerprint density at radius 3 is 2.54 bits per heavy atom. The SMILES string of the molecule is CCc1ccc(C(C)NC(=O)C(C)N2CCCC(C(=O)O)C2)cc1. The molecule has 1 fully saturated rings. The molecule has 5 heteroatoms. The van der Waals surface area contributed by atoms with E-state index in [0.29, 0.717) is 13.0 Å². The Labute approximate surface area is 144 Å². The molecule has 1 aliphatic heterocycles. The van der Waals surface area contributed by atoms with E-state index in [4.69, 9.17) is 0 Å². The number of hydrogen-bond donors (Lipinski definition) is 2. The van der Waals surface area contributed by atoms with E-state index in [9.17, 15) is 14.7 Å². The maximum Gasteiger partial charge on any atom is 0.307 e.